The van der Waals surface area contributed by atoms with E-state index in [1.165, 1.54) is 11.3 Å². The van der Waals surface area contributed by atoms with Crippen molar-refractivity contribution in [3.05, 3.63) is 88.6 Å². The molecule has 2 N–H and O–H groups in total. The van der Waals surface area contributed by atoms with Crippen LogP contribution in [0.1, 0.15) is 34.7 Å². The molecule has 0 unspecified atom stereocenters. The van der Waals surface area contributed by atoms with E-state index in [0.717, 1.165) is 59.7 Å². The zero-order valence-electron chi connectivity index (χ0n) is 22.0. The van der Waals surface area contributed by atoms with Gasteiger partial charge in [0.15, 0.2) is 5.82 Å². The summed E-state index contributed by atoms with van der Waals surface area (Å²) in [5.74, 6) is 0.209. The highest BCUT2D eigenvalue weighted by molar-refractivity contribution is 7.15. The van der Waals surface area contributed by atoms with E-state index >= 15 is 0 Å². The minimum absolute atomic E-state index is 0.115. The molecule has 1 aliphatic rings. The van der Waals surface area contributed by atoms with Gasteiger partial charge in [-0.2, -0.15) is 5.10 Å². The fourth-order valence-electron chi connectivity index (χ4n) is 4.29. The molecule has 2 aromatic heterocycles. The molecular weight excluding hydrogens is 524 g/mol. The van der Waals surface area contributed by atoms with Gasteiger partial charge >= 0.3 is 0 Å². The van der Waals surface area contributed by atoms with Gasteiger partial charge in [0, 0.05) is 18.3 Å². The van der Waals surface area contributed by atoms with Crippen molar-refractivity contribution in [2.24, 2.45) is 4.99 Å². The summed E-state index contributed by atoms with van der Waals surface area (Å²) in [6, 6.07) is 21.2. The van der Waals surface area contributed by atoms with Crippen molar-refractivity contribution in [3.8, 4) is 0 Å². The van der Waals surface area contributed by atoms with Gasteiger partial charge < -0.3 is 15.5 Å². The van der Waals surface area contributed by atoms with Crippen LogP contribution >= 0.6 is 11.3 Å². The van der Waals surface area contributed by atoms with Crippen molar-refractivity contribution in [2.75, 3.05) is 28.7 Å². The van der Waals surface area contributed by atoms with Gasteiger partial charge in [0.1, 0.15) is 11.7 Å². The minimum Gasteiger partial charge on any atom is -0.347 e. The van der Waals surface area contributed by atoms with Crippen molar-refractivity contribution < 1.29 is 9.59 Å². The first-order valence-electron chi connectivity index (χ1n) is 13.2. The molecule has 2 amide bonds. The lowest BCUT2D eigenvalue weighted by Gasteiger charge is -2.17. The summed E-state index contributed by atoms with van der Waals surface area (Å²) < 4.78 is 0. The molecule has 40 heavy (non-hydrogen) atoms. The number of rotatable bonds is 12. The van der Waals surface area contributed by atoms with Crippen molar-refractivity contribution in [3.63, 3.8) is 0 Å². The second kappa shape index (κ2) is 13.5. The van der Waals surface area contributed by atoms with Crippen molar-refractivity contribution in [1.82, 2.24) is 20.4 Å². The van der Waals surface area contributed by atoms with Gasteiger partial charge in [-0.25, -0.2) is 0 Å². The molecule has 0 saturated carbocycles. The summed E-state index contributed by atoms with van der Waals surface area (Å²) in [6.07, 6.45) is 5.83. The van der Waals surface area contributed by atoms with E-state index < -0.39 is 0 Å². The molecule has 0 bridgehead atoms. The quantitative estimate of drug-likeness (QED) is 0.253. The Labute approximate surface area is 236 Å². The van der Waals surface area contributed by atoms with Crippen LogP contribution in [0.4, 0.5) is 16.6 Å². The van der Waals surface area contributed by atoms with Crippen LogP contribution in [0.2, 0.25) is 0 Å². The Hall–Kier alpha value is -4.51. The number of benzene rings is 2. The average Bonchev–Trinajstić information content (AvgIpc) is 3.65. The molecule has 10 nitrogen and oxygen atoms in total. The number of anilines is 3. The normalized spacial score (nSPS) is 12.4. The zero-order chi connectivity index (χ0) is 27.6. The lowest BCUT2D eigenvalue weighted by molar-refractivity contribution is -0.116. The smallest absolute Gasteiger partial charge is 0.230 e. The molecule has 0 saturated heterocycles. The molecule has 4 aromatic rings. The van der Waals surface area contributed by atoms with E-state index in [1.807, 2.05) is 66.9 Å². The predicted octanol–water partition coefficient (Wildman–Crippen LogP) is 4.10. The van der Waals surface area contributed by atoms with E-state index in [0.29, 0.717) is 24.0 Å². The number of hydrogen-bond acceptors (Lipinski definition) is 9. The lowest BCUT2D eigenvalue weighted by atomic mass is 10.1. The van der Waals surface area contributed by atoms with E-state index in [1.54, 1.807) is 6.07 Å². The summed E-state index contributed by atoms with van der Waals surface area (Å²) in [6.45, 7) is 1.44. The third kappa shape index (κ3) is 8.00. The lowest BCUT2D eigenvalue weighted by Crippen LogP contribution is -2.20. The second-order valence-electron chi connectivity index (χ2n) is 9.45. The van der Waals surface area contributed by atoms with Gasteiger partial charge in [-0.15, -0.1) is 15.3 Å². The number of nitrogens with zero attached hydrogens (tertiary/aromatic N) is 6. The predicted molar refractivity (Wildman–Crippen MR) is 157 cm³/mol. The largest absolute Gasteiger partial charge is 0.347 e. The molecule has 2 aromatic carbocycles. The van der Waals surface area contributed by atoms with Crippen LogP contribution in [0, 0.1) is 0 Å². The van der Waals surface area contributed by atoms with Crippen molar-refractivity contribution >= 4 is 46.0 Å². The van der Waals surface area contributed by atoms with E-state index in [2.05, 4.69) is 40.9 Å². The summed E-state index contributed by atoms with van der Waals surface area (Å²) >= 11 is 1.40. The third-order valence-electron chi connectivity index (χ3n) is 6.31. The number of aliphatic imine (C=N–C) groups is 1. The van der Waals surface area contributed by atoms with Gasteiger partial charge in [-0.1, -0.05) is 53.8 Å². The van der Waals surface area contributed by atoms with Crippen LogP contribution in [0.15, 0.2) is 71.7 Å². The van der Waals surface area contributed by atoms with E-state index in [-0.39, 0.29) is 18.2 Å². The molecule has 204 valence electrons. The standard InChI is InChI=1S/C29H30N8O2S/c38-26(18-21-7-2-1-3-8-21)31-25-14-13-23(33-34-25)10-4-5-12-28-35-36-29(40-28)32-27(39)19-22-9-6-11-24(17-22)37-16-15-30-20-37/h1-3,6-9,11,13-15,17H,4-5,10,12,16,18-20H2,(H,31,34,38)(H,32,36,39). The molecule has 3 heterocycles. The Morgan fingerprint density at radius 1 is 0.800 bits per heavy atom. The van der Waals surface area contributed by atoms with Crippen LogP contribution in [-0.2, 0) is 35.3 Å². The first-order valence-corrected chi connectivity index (χ1v) is 14.0. The molecule has 5 rings (SSSR count). The number of amides is 2. The molecule has 0 spiro atoms. The van der Waals surface area contributed by atoms with Crippen LogP contribution in [0.3, 0.4) is 0 Å². The number of unbranched alkanes of at least 4 members (excludes halogenated alkanes) is 1. The van der Waals surface area contributed by atoms with Gasteiger partial charge in [0.05, 0.1) is 25.1 Å². The number of hydrogen-bond donors (Lipinski definition) is 2. The molecular formula is C29H30N8O2S. The van der Waals surface area contributed by atoms with Gasteiger partial charge in [-0.3, -0.25) is 14.6 Å². The third-order valence-corrected chi connectivity index (χ3v) is 7.20. The Morgan fingerprint density at radius 3 is 2.40 bits per heavy atom. The molecule has 0 radical (unpaired) electrons. The number of aromatic nitrogens is 4. The molecule has 0 fully saturated rings. The van der Waals surface area contributed by atoms with Crippen molar-refractivity contribution in [2.45, 2.75) is 38.5 Å². The molecule has 0 atom stereocenters. The number of carbonyl (C=O) groups is 2. The summed E-state index contributed by atoms with van der Waals surface area (Å²) in [5, 5.41) is 23.8. The number of aryl methyl sites for hydroxylation is 2. The number of nitrogens with one attached hydrogen (secondary N) is 2. The minimum atomic E-state index is -0.122. The Kier molecular flexibility index (Phi) is 9.15. The van der Waals surface area contributed by atoms with Crippen molar-refractivity contribution in [1.29, 1.82) is 0 Å². The first kappa shape index (κ1) is 27.1. The Morgan fingerprint density at radius 2 is 1.60 bits per heavy atom. The highest BCUT2D eigenvalue weighted by Crippen LogP contribution is 2.20. The van der Waals surface area contributed by atoms with Gasteiger partial charge in [-0.05, 0) is 54.7 Å². The SMILES string of the molecule is O=C(Cc1ccccc1)Nc1ccc(CCCCc2nnc(NC(=O)Cc3cccc(N4CC=NC4)c3)s2)nn1. The maximum atomic E-state index is 12.6. The Bertz CT molecular complexity index is 1450. The van der Waals surface area contributed by atoms with Gasteiger partial charge in [0.2, 0.25) is 16.9 Å². The number of carbonyl (C=O) groups excluding carboxylic acids is 2. The fraction of sp³-hybridized carbons (Fsp3) is 0.276. The molecule has 11 heteroatoms. The molecule has 0 aliphatic carbocycles. The fourth-order valence-corrected chi connectivity index (χ4v) is 5.08. The highest BCUT2D eigenvalue weighted by atomic mass is 32.1. The first-order chi connectivity index (χ1) is 19.6. The van der Waals surface area contributed by atoms with Crippen LogP contribution in [0.25, 0.3) is 0 Å². The summed E-state index contributed by atoms with van der Waals surface area (Å²) in [5.41, 5.74) is 3.82. The summed E-state index contributed by atoms with van der Waals surface area (Å²) in [7, 11) is 0. The van der Waals surface area contributed by atoms with Crippen LogP contribution in [-0.4, -0.2) is 51.6 Å². The maximum Gasteiger partial charge on any atom is 0.230 e. The van der Waals surface area contributed by atoms with Gasteiger partial charge in [0.25, 0.3) is 0 Å². The van der Waals surface area contributed by atoms with Crippen LogP contribution in [0.5, 0.6) is 0 Å². The summed E-state index contributed by atoms with van der Waals surface area (Å²) in [4.78, 5) is 31.1. The highest BCUT2D eigenvalue weighted by Gasteiger charge is 2.12. The average molecular weight is 555 g/mol. The van der Waals surface area contributed by atoms with E-state index in [4.69, 9.17) is 0 Å². The maximum absolute atomic E-state index is 12.6. The van der Waals surface area contributed by atoms with Crippen LogP contribution < -0.4 is 15.5 Å². The Balaban J connectivity index is 1.00. The monoisotopic (exact) mass is 554 g/mol. The zero-order valence-corrected chi connectivity index (χ0v) is 22.8. The topological polar surface area (TPSA) is 125 Å². The van der Waals surface area contributed by atoms with E-state index in [9.17, 15) is 9.59 Å². The molecule has 1 aliphatic heterocycles. The second-order valence-corrected chi connectivity index (χ2v) is 10.5.